The highest BCUT2D eigenvalue weighted by Crippen LogP contribution is 2.30. The molecule has 0 fully saturated rings. The van der Waals surface area contributed by atoms with E-state index in [2.05, 4.69) is 10.1 Å². The van der Waals surface area contributed by atoms with E-state index in [1.54, 1.807) is 16.9 Å². The predicted molar refractivity (Wildman–Crippen MR) is 92.3 cm³/mol. The molecular weight excluding hydrogens is 374 g/mol. The van der Waals surface area contributed by atoms with E-state index in [0.717, 1.165) is 23.4 Å². The maximum absolute atomic E-state index is 13.4. The van der Waals surface area contributed by atoms with Gasteiger partial charge in [0, 0.05) is 41.9 Å². The summed E-state index contributed by atoms with van der Waals surface area (Å²) in [5, 5.41) is 4.31. The maximum atomic E-state index is 13.4. The van der Waals surface area contributed by atoms with Crippen LogP contribution in [0.15, 0.2) is 36.7 Å². The molecule has 8 heteroatoms. The van der Waals surface area contributed by atoms with Gasteiger partial charge in [0.15, 0.2) is 17.5 Å². The topological polar surface area (TPSA) is 47.8 Å². The molecule has 1 aliphatic rings. The first-order chi connectivity index (χ1) is 13.4. The number of halogens is 4. The van der Waals surface area contributed by atoms with Crippen LogP contribution >= 0.6 is 0 Å². The molecule has 0 saturated heterocycles. The van der Waals surface area contributed by atoms with Gasteiger partial charge in [-0.25, -0.2) is 18.2 Å². The Hall–Kier alpha value is -3.03. The molecule has 1 aromatic carbocycles. The van der Waals surface area contributed by atoms with Gasteiger partial charge in [-0.15, -0.1) is 0 Å². The first-order valence-electron chi connectivity index (χ1n) is 8.75. The maximum Gasteiger partial charge on any atom is 0.212 e. The molecule has 0 N–H and O–H groups in total. The molecule has 0 bridgehead atoms. The number of carbonyl (C=O) groups is 1. The second kappa shape index (κ2) is 7.18. The van der Waals surface area contributed by atoms with E-state index in [0.29, 0.717) is 24.9 Å². The van der Waals surface area contributed by atoms with Crippen LogP contribution in [-0.4, -0.2) is 20.5 Å². The van der Waals surface area contributed by atoms with Gasteiger partial charge in [-0.1, -0.05) is 0 Å². The molecule has 0 aliphatic carbocycles. The van der Waals surface area contributed by atoms with Gasteiger partial charge in [-0.3, -0.25) is 9.48 Å². The van der Waals surface area contributed by atoms with Crippen molar-refractivity contribution in [2.45, 2.75) is 25.8 Å². The molecule has 0 amide bonds. The fourth-order valence-corrected chi connectivity index (χ4v) is 3.54. The van der Waals surface area contributed by atoms with Crippen molar-refractivity contribution in [3.63, 3.8) is 0 Å². The zero-order chi connectivity index (χ0) is 19.8. The van der Waals surface area contributed by atoms with E-state index in [1.165, 1.54) is 12.3 Å². The van der Waals surface area contributed by atoms with Crippen molar-refractivity contribution in [2.75, 3.05) is 0 Å². The summed E-state index contributed by atoms with van der Waals surface area (Å²) in [6.45, 7) is 0.520. The van der Waals surface area contributed by atoms with Crippen LogP contribution in [0.1, 0.15) is 17.7 Å². The summed E-state index contributed by atoms with van der Waals surface area (Å²) < 4.78 is 54.7. The van der Waals surface area contributed by atoms with Gasteiger partial charge in [0.2, 0.25) is 5.95 Å². The van der Waals surface area contributed by atoms with E-state index in [1.807, 2.05) is 0 Å². The van der Waals surface area contributed by atoms with E-state index >= 15 is 0 Å². The number of pyridine rings is 1. The number of benzene rings is 1. The SMILES string of the molecule is O=C(Cc1cc(F)c(F)c(F)c1)C1CCn2ncc(-c3ccc(F)nc3)c2C1. The molecule has 3 aromatic rings. The lowest BCUT2D eigenvalue weighted by Gasteiger charge is -2.23. The smallest absolute Gasteiger partial charge is 0.212 e. The van der Waals surface area contributed by atoms with E-state index < -0.39 is 23.4 Å². The highest BCUT2D eigenvalue weighted by atomic mass is 19.2. The first kappa shape index (κ1) is 18.3. The Balaban J connectivity index is 1.54. The van der Waals surface area contributed by atoms with Gasteiger partial charge in [-0.2, -0.15) is 9.49 Å². The molecule has 4 rings (SSSR count). The summed E-state index contributed by atoms with van der Waals surface area (Å²) in [5.41, 5.74) is 2.39. The van der Waals surface area contributed by atoms with Crippen molar-refractivity contribution < 1.29 is 22.4 Å². The lowest BCUT2D eigenvalue weighted by Crippen LogP contribution is -2.27. The van der Waals surface area contributed by atoms with Crippen LogP contribution in [0.3, 0.4) is 0 Å². The minimum atomic E-state index is -1.55. The number of aromatic nitrogens is 3. The minimum absolute atomic E-state index is 0.100. The number of ketones is 1. The van der Waals surface area contributed by atoms with Crippen molar-refractivity contribution >= 4 is 5.78 Å². The van der Waals surface area contributed by atoms with Gasteiger partial charge < -0.3 is 0 Å². The van der Waals surface area contributed by atoms with Crippen LogP contribution < -0.4 is 0 Å². The molecule has 2 aromatic heterocycles. The number of hydrogen-bond donors (Lipinski definition) is 0. The van der Waals surface area contributed by atoms with Crippen molar-refractivity contribution in [3.05, 3.63) is 71.3 Å². The Bertz CT molecular complexity index is 1020. The zero-order valence-electron chi connectivity index (χ0n) is 14.6. The van der Waals surface area contributed by atoms with Gasteiger partial charge in [0.1, 0.15) is 5.78 Å². The van der Waals surface area contributed by atoms with Crippen LogP contribution in [0.4, 0.5) is 17.6 Å². The van der Waals surface area contributed by atoms with E-state index in [-0.39, 0.29) is 23.7 Å². The summed E-state index contributed by atoms with van der Waals surface area (Å²) in [4.78, 5) is 16.3. The third-order valence-corrected chi connectivity index (χ3v) is 4.99. The number of fused-ring (bicyclic) bond motifs is 1. The Morgan fingerprint density at radius 2 is 1.86 bits per heavy atom. The second-order valence-corrected chi connectivity index (χ2v) is 6.80. The Morgan fingerprint density at radius 1 is 1.11 bits per heavy atom. The predicted octanol–water partition coefficient (Wildman–Crippen LogP) is 3.88. The van der Waals surface area contributed by atoms with Crippen molar-refractivity contribution in [2.24, 2.45) is 5.92 Å². The van der Waals surface area contributed by atoms with E-state index in [9.17, 15) is 22.4 Å². The molecule has 144 valence electrons. The largest absolute Gasteiger partial charge is 0.299 e. The molecule has 0 spiro atoms. The molecule has 0 saturated carbocycles. The quantitative estimate of drug-likeness (QED) is 0.387. The fraction of sp³-hybridized carbons (Fsp3) is 0.250. The number of carbonyl (C=O) groups excluding carboxylic acids is 1. The van der Waals surface area contributed by atoms with Gasteiger partial charge in [0.25, 0.3) is 0 Å². The average molecular weight is 389 g/mol. The third-order valence-electron chi connectivity index (χ3n) is 4.99. The molecule has 1 aliphatic heterocycles. The molecule has 4 nitrogen and oxygen atoms in total. The number of nitrogens with zero attached hydrogens (tertiary/aromatic N) is 3. The average Bonchev–Trinajstić information content (AvgIpc) is 3.10. The number of Topliss-reactive ketones (excluding diaryl/α,β-unsaturated/α-hetero) is 1. The molecule has 28 heavy (non-hydrogen) atoms. The summed E-state index contributed by atoms with van der Waals surface area (Å²) in [6, 6.07) is 4.54. The second-order valence-electron chi connectivity index (χ2n) is 6.80. The summed E-state index contributed by atoms with van der Waals surface area (Å²) in [6.07, 6.45) is 3.82. The Labute approximate surface area is 157 Å². The molecule has 0 radical (unpaired) electrons. The number of aryl methyl sites for hydroxylation is 1. The third kappa shape index (κ3) is 3.42. The van der Waals surface area contributed by atoms with Crippen LogP contribution in [-0.2, 0) is 24.2 Å². The zero-order valence-corrected chi connectivity index (χ0v) is 14.6. The normalized spacial score (nSPS) is 16.1. The van der Waals surface area contributed by atoms with Crippen LogP contribution in [0.5, 0.6) is 0 Å². The first-order valence-corrected chi connectivity index (χ1v) is 8.75. The molecular formula is C20H15F4N3O. The van der Waals surface area contributed by atoms with Crippen LogP contribution in [0.2, 0.25) is 0 Å². The van der Waals surface area contributed by atoms with Crippen molar-refractivity contribution in [1.82, 2.24) is 14.8 Å². The highest BCUT2D eigenvalue weighted by molar-refractivity contribution is 5.84. The summed E-state index contributed by atoms with van der Waals surface area (Å²) >= 11 is 0. The lowest BCUT2D eigenvalue weighted by atomic mass is 9.87. The van der Waals surface area contributed by atoms with Crippen LogP contribution in [0, 0.1) is 29.3 Å². The number of rotatable bonds is 4. The monoisotopic (exact) mass is 389 g/mol. The number of hydrogen-bond acceptors (Lipinski definition) is 3. The van der Waals surface area contributed by atoms with Crippen molar-refractivity contribution in [1.29, 1.82) is 0 Å². The van der Waals surface area contributed by atoms with Gasteiger partial charge in [-0.05, 0) is 42.7 Å². The summed E-state index contributed by atoms with van der Waals surface area (Å²) in [7, 11) is 0. The van der Waals surface area contributed by atoms with Crippen molar-refractivity contribution in [3.8, 4) is 11.1 Å². The molecule has 3 heterocycles. The molecule has 1 atom stereocenters. The summed E-state index contributed by atoms with van der Waals surface area (Å²) in [5.74, 6) is -5.29. The van der Waals surface area contributed by atoms with Gasteiger partial charge in [0.05, 0.1) is 6.20 Å². The lowest BCUT2D eigenvalue weighted by molar-refractivity contribution is -0.122. The highest BCUT2D eigenvalue weighted by Gasteiger charge is 2.28. The Morgan fingerprint density at radius 3 is 2.54 bits per heavy atom. The minimum Gasteiger partial charge on any atom is -0.299 e. The standard InChI is InChI=1S/C20H15F4N3O/c21-15-5-11(6-16(22)20(15)24)7-18(28)12-3-4-27-17(8-12)14(10-26-27)13-1-2-19(23)25-9-13/h1-2,5-6,9-10,12H,3-4,7-8H2. The Kier molecular flexibility index (Phi) is 4.70. The molecule has 1 unspecified atom stereocenters. The van der Waals surface area contributed by atoms with Gasteiger partial charge >= 0.3 is 0 Å². The van der Waals surface area contributed by atoms with Crippen LogP contribution in [0.25, 0.3) is 11.1 Å². The van der Waals surface area contributed by atoms with E-state index in [4.69, 9.17) is 0 Å². The fourth-order valence-electron chi connectivity index (χ4n) is 3.54.